The van der Waals surface area contributed by atoms with Crippen LogP contribution < -0.4 is 10.5 Å². The van der Waals surface area contributed by atoms with Crippen molar-refractivity contribution in [1.29, 1.82) is 0 Å². The van der Waals surface area contributed by atoms with E-state index in [9.17, 15) is 0 Å². The maximum absolute atomic E-state index is 6.46. The first kappa shape index (κ1) is 16.3. The van der Waals surface area contributed by atoms with Crippen molar-refractivity contribution in [1.82, 2.24) is 0 Å². The van der Waals surface area contributed by atoms with Gasteiger partial charge in [0.05, 0.1) is 19.3 Å². The Morgan fingerprint density at radius 3 is 2.71 bits per heavy atom. The molecule has 0 bridgehead atoms. The van der Waals surface area contributed by atoms with Crippen LogP contribution in [0.5, 0.6) is 5.75 Å². The number of hydrogen-bond acceptors (Lipinski definition) is 3. The third-order valence-corrected chi connectivity index (χ3v) is 4.64. The molecule has 1 aliphatic rings. The van der Waals surface area contributed by atoms with Crippen LogP contribution in [0.1, 0.15) is 57.6 Å². The molecule has 1 aromatic carbocycles. The maximum atomic E-state index is 6.46. The predicted molar refractivity (Wildman–Crippen MR) is 86.5 cm³/mol. The van der Waals surface area contributed by atoms with Crippen LogP contribution >= 0.6 is 0 Å². The zero-order chi connectivity index (χ0) is 15.2. The molecular formula is C18H29NO2. The Labute approximate surface area is 128 Å². The molecule has 0 saturated heterocycles. The van der Waals surface area contributed by atoms with Gasteiger partial charge in [-0.05, 0) is 42.9 Å². The van der Waals surface area contributed by atoms with Gasteiger partial charge < -0.3 is 15.2 Å². The molecule has 1 aromatic rings. The van der Waals surface area contributed by atoms with Gasteiger partial charge in [-0.15, -0.1) is 0 Å². The molecule has 21 heavy (non-hydrogen) atoms. The smallest absolute Gasteiger partial charge is 0.119 e. The van der Waals surface area contributed by atoms with Gasteiger partial charge in [0, 0.05) is 6.04 Å². The van der Waals surface area contributed by atoms with Gasteiger partial charge in [-0.1, -0.05) is 38.8 Å². The van der Waals surface area contributed by atoms with Crippen LogP contribution in [0.2, 0.25) is 0 Å². The average molecular weight is 291 g/mol. The first-order chi connectivity index (χ1) is 10.2. The summed E-state index contributed by atoms with van der Waals surface area (Å²) in [5.74, 6) is 1.48. The molecule has 118 valence electrons. The highest BCUT2D eigenvalue weighted by atomic mass is 16.5. The lowest BCUT2D eigenvalue weighted by molar-refractivity contribution is -0.0677. The van der Waals surface area contributed by atoms with E-state index in [0.717, 1.165) is 24.2 Å². The summed E-state index contributed by atoms with van der Waals surface area (Å²) in [6.07, 6.45) is 6.19. The summed E-state index contributed by atoms with van der Waals surface area (Å²) in [5, 5.41) is 0. The molecule has 4 atom stereocenters. The van der Waals surface area contributed by atoms with Gasteiger partial charge >= 0.3 is 0 Å². The topological polar surface area (TPSA) is 44.5 Å². The molecule has 3 heteroatoms. The number of ether oxygens (including phenoxy) is 2. The van der Waals surface area contributed by atoms with Gasteiger partial charge in [-0.25, -0.2) is 0 Å². The highest BCUT2D eigenvalue weighted by Crippen LogP contribution is 2.33. The number of rotatable bonds is 6. The number of hydrogen-bond donors (Lipinski definition) is 1. The van der Waals surface area contributed by atoms with E-state index >= 15 is 0 Å². The summed E-state index contributed by atoms with van der Waals surface area (Å²) in [7, 11) is 1.69. The zero-order valence-electron chi connectivity index (χ0n) is 13.5. The van der Waals surface area contributed by atoms with Crippen molar-refractivity contribution < 1.29 is 9.47 Å². The minimum Gasteiger partial charge on any atom is -0.497 e. The summed E-state index contributed by atoms with van der Waals surface area (Å²) in [5.41, 5.74) is 7.46. The molecule has 2 N–H and O–H groups in total. The molecule has 0 heterocycles. The molecule has 0 spiro atoms. The second kappa shape index (κ2) is 7.81. The Balaban J connectivity index is 2.17. The van der Waals surface area contributed by atoms with Crippen molar-refractivity contribution in [3.05, 3.63) is 29.8 Å². The van der Waals surface area contributed by atoms with Crippen LogP contribution in [-0.4, -0.2) is 19.3 Å². The molecule has 1 fully saturated rings. The Bertz CT molecular complexity index is 435. The zero-order valence-corrected chi connectivity index (χ0v) is 13.5. The van der Waals surface area contributed by atoms with Gasteiger partial charge in [-0.2, -0.15) is 0 Å². The molecule has 2 rings (SSSR count). The Morgan fingerprint density at radius 2 is 2.05 bits per heavy atom. The van der Waals surface area contributed by atoms with Gasteiger partial charge in [0.15, 0.2) is 0 Å². The fourth-order valence-electron chi connectivity index (χ4n) is 3.13. The quantitative estimate of drug-likeness (QED) is 0.859. The molecule has 0 amide bonds. The van der Waals surface area contributed by atoms with E-state index in [-0.39, 0.29) is 12.1 Å². The average Bonchev–Trinajstić information content (AvgIpc) is 2.53. The normalized spacial score (nSPS) is 25.3. The van der Waals surface area contributed by atoms with Gasteiger partial charge in [-0.3, -0.25) is 0 Å². The number of nitrogens with two attached hydrogens (primary N) is 1. The van der Waals surface area contributed by atoms with Gasteiger partial charge in [0.2, 0.25) is 0 Å². The lowest BCUT2D eigenvalue weighted by atomic mass is 9.87. The van der Waals surface area contributed by atoms with Crippen LogP contribution in [-0.2, 0) is 4.74 Å². The van der Waals surface area contributed by atoms with Crippen molar-refractivity contribution in [3.8, 4) is 5.75 Å². The molecular weight excluding hydrogens is 262 g/mol. The Kier molecular flexibility index (Phi) is 6.07. The second-order valence-electron chi connectivity index (χ2n) is 6.21. The van der Waals surface area contributed by atoms with E-state index in [1.54, 1.807) is 7.11 Å². The van der Waals surface area contributed by atoms with E-state index < -0.39 is 0 Å². The third kappa shape index (κ3) is 4.21. The molecule has 3 nitrogen and oxygen atoms in total. The second-order valence-corrected chi connectivity index (χ2v) is 6.21. The molecule has 4 unspecified atom stereocenters. The molecule has 1 saturated carbocycles. The van der Waals surface area contributed by atoms with Crippen LogP contribution in [0.15, 0.2) is 24.3 Å². The van der Waals surface area contributed by atoms with E-state index in [4.69, 9.17) is 15.2 Å². The minimum absolute atomic E-state index is 0.0197. The summed E-state index contributed by atoms with van der Waals surface area (Å²) in [6, 6.07) is 8.13. The number of benzene rings is 1. The highest BCUT2D eigenvalue weighted by molar-refractivity contribution is 5.30. The summed E-state index contributed by atoms with van der Waals surface area (Å²) >= 11 is 0. The monoisotopic (exact) mass is 291 g/mol. The fraction of sp³-hybridized carbons (Fsp3) is 0.667. The lowest BCUT2D eigenvalue weighted by Gasteiger charge is -2.34. The van der Waals surface area contributed by atoms with Crippen molar-refractivity contribution in [3.63, 3.8) is 0 Å². The van der Waals surface area contributed by atoms with Gasteiger partial charge in [0.1, 0.15) is 5.75 Å². The van der Waals surface area contributed by atoms with Gasteiger partial charge in [0.25, 0.3) is 0 Å². The predicted octanol–water partition coefficient (Wildman–Crippen LogP) is 4.07. The summed E-state index contributed by atoms with van der Waals surface area (Å²) in [6.45, 7) is 4.41. The van der Waals surface area contributed by atoms with Crippen LogP contribution in [0.4, 0.5) is 0 Å². The third-order valence-electron chi connectivity index (χ3n) is 4.64. The van der Waals surface area contributed by atoms with E-state index in [1.807, 2.05) is 18.2 Å². The van der Waals surface area contributed by atoms with Crippen molar-refractivity contribution >= 4 is 0 Å². The Hall–Kier alpha value is -1.06. The van der Waals surface area contributed by atoms with Crippen molar-refractivity contribution in [2.45, 2.75) is 64.2 Å². The largest absolute Gasteiger partial charge is 0.497 e. The standard InChI is InChI=1S/C18H29NO2/c1-4-16(19)18(14-9-7-10-15(12-14)20-3)21-17-11-6-5-8-13(17)2/h7,9-10,12-13,16-18H,4-6,8,11,19H2,1-3H3. The summed E-state index contributed by atoms with van der Waals surface area (Å²) < 4.78 is 11.8. The molecule has 0 aliphatic heterocycles. The first-order valence-corrected chi connectivity index (χ1v) is 8.20. The molecule has 1 aliphatic carbocycles. The SMILES string of the molecule is CCC(N)C(OC1CCCCC1C)c1cccc(OC)c1. The lowest BCUT2D eigenvalue weighted by Crippen LogP contribution is -2.35. The van der Waals surface area contributed by atoms with E-state index in [1.165, 1.54) is 19.3 Å². The fourth-order valence-corrected chi connectivity index (χ4v) is 3.13. The highest BCUT2D eigenvalue weighted by Gasteiger charge is 2.28. The first-order valence-electron chi connectivity index (χ1n) is 8.20. The van der Waals surface area contributed by atoms with E-state index in [2.05, 4.69) is 19.9 Å². The van der Waals surface area contributed by atoms with Crippen LogP contribution in [0, 0.1) is 5.92 Å². The summed E-state index contributed by atoms with van der Waals surface area (Å²) in [4.78, 5) is 0. The minimum atomic E-state index is -0.0457. The van der Waals surface area contributed by atoms with Crippen molar-refractivity contribution in [2.75, 3.05) is 7.11 Å². The van der Waals surface area contributed by atoms with Crippen LogP contribution in [0.25, 0.3) is 0 Å². The van der Waals surface area contributed by atoms with Crippen molar-refractivity contribution in [2.24, 2.45) is 11.7 Å². The molecule has 0 aromatic heterocycles. The maximum Gasteiger partial charge on any atom is 0.119 e. The Morgan fingerprint density at radius 1 is 1.29 bits per heavy atom. The molecule has 0 radical (unpaired) electrons. The van der Waals surface area contributed by atoms with Crippen LogP contribution in [0.3, 0.4) is 0 Å². The number of methoxy groups -OCH3 is 1. The van der Waals surface area contributed by atoms with E-state index in [0.29, 0.717) is 12.0 Å².